The summed E-state index contributed by atoms with van der Waals surface area (Å²) in [6.07, 6.45) is 4.64. The summed E-state index contributed by atoms with van der Waals surface area (Å²) in [7, 11) is 0. The number of benzene rings is 1. The second-order valence-electron chi connectivity index (χ2n) is 4.82. The first-order chi connectivity index (χ1) is 9.70. The Hall–Kier alpha value is -2.56. The summed E-state index contributed by atoms with van der Waals surface area (Å²) in [5.41, 5.74) is 15.5. The van der Waals surface area contributed by atoms with E-state index >= 15 is 0 Å². The van der Waals surface area contributed by atoms with Crippen LogP contribution in [0.3, 0.4) is 0 Å². The van der Waals surface area contributed by atoms with Gasteiger partial charge in [0.25, 0.3) is 0 Å². The summed E-state index contributed by atoms with van der Waals surface area (Å²) in [6.45, 7) is 3.04. The van der Waals surface area contributed by atoms with Crippen molar-refractivity contribution in [3.63, 3.8) is 0 Å². The van der Waals surface area contributed by atoms with E-state index in [0.29, 0.717) is 5.82 Å². The van der Waals surface area contributed by atoms with Gasteiger partial charge in [0.2, 0.25) is 0 Å². The summed E-state index contributed by atoms with van der Waals surface area (Å²) in [6, 6.07) is 7.76. The van der Waals surface area contributed by atoms with E-state index in [9.17, 15) is 0 Å². The largest absolute Gasteiger partial charge is 0.399 e. The number of anilines is 2. The minimum atomic E-state index is 0.511. The van der Waals surface area contributed by atoms with Crippen molar-refractivity contribution < 1.29 is 0 Å². The molecule has 5 nitrogen and oxygen atoms in total. The third-order valence-corrected chi connectivity index (χ3v) is 3.37. The van der Waals surface area contributed by atoms with Gasteiger partial charge in [-0.15, -0.1) is 0 Å². The fraction of sp³-hybridized carbons (Fsp3) is 0.200. The second kappa shape index (κ2) is 4.85. The maximum atomic E-state index is 6.04. The Balaban J connectivity index is 2.27. The predicted octanol–water partition coefficient (Wildman–Crippen LogP) is 2.67. The molecule has 2 heterocycles. The van der Waals surface area contributed by atoms with Gasteiger partial charge in [0.1, 0.15) is 17.8 Å². The van der Waals surface area contributed by atoms with Gasteiger partial charge < -0.3 is 16.0 Å². The van der Waals surface area contributed by atoms with Gasteiger partial charge in [-0.05, 0) is 24.1 Å². The van der Waals surface area contributed by atoms with E-state index in [-0.39, 0.29) is 0 Å². The third-order valence-electron chi connectivity index (χ3n) is 3.37. The van der Waals surface area contributed by atoms with Crippen molar-refractivity contribution in [1.29, 1.82) is 0 Å². The molecule has 0 bridgehead atoms. The number of hydrogen-bond donors (Lipinski definition) is 2. The Bertz CT molecular complexity index is 743. The number of hydrogen-bond acceptors (Lipinski definition) is 4. The van der Waals surface area contributed by atoms with Crippen LogP contribution in [0.5, 0.6) is 0 Å². The standard InChI is InChI=1S/C15H17N5/c1-2-7-20-8-12(10-3-5-11(16)6-4-10)13-14(17)18-9-19-15(13)20/h3-6,8-9H,2,7,16H2,1H3,(H2,17,18,19). The van der Waals surface area contributed by atoms with Crippen LogP contribution in [0.2, 0.25) is 0 Å². The lowest BCUT2D eigenvalue weighted by Crippen LogP contribution is -1.98. The summed E-state index contributed by atoms with van der Waals surface area (Å²) >= 11 is 0. The van der Waals surface area contributed by atoms with Crippen molar-refractivity contribution in [1.82, 2.24) is 14.5 Å². The first kappa shape index (κ1) is 12.5. The van der Waals surface area contributed by atoms with Crippen LogP contribution in [0, 0.1) is 0 Å². The van der Waals surface area contributed by atoms with E-state index in [4.69, 9.17) is 11.5 Å². The fourth-order valence-electron chi connectivity index (χ4n) is 2.44. The Kier molecular flexibility index (Phi) is 3.02. The van der Waals surface area contributed by atoms with E-state index in [1.807, 2.05) is 24.3 Å². The highest BCUT2D eigenvalue weighted by Crippen LogP contribution is 2.32. The number of aromatic nitrogens is 3. The average Bonchev–Trinajstić information content (AvgIpc) is 2.81. The minimum Gasteiger partial charge on any atom is -0.399 e. The minimum absolute atomic E-state index is 0.511. The zero-order chi connectivity index (χ0) is 14.1. The Morgan fingerprint density at radius 3 is 2.55 bits per heavy atom. The Morgan fingerprint density at radius 1 is 1.10 bits per heavy atom. The van der Waals surface area contributed by atoms with Crippen molar-refractivity contribution in [2.45, 2.75) is 19.9 Å². The molecule has 0 radical (unpaired) electrons. The van der Waals surface area contributed by atoms with Crippen LogP contribution in [0.4, 0.5) is 11.5 Å². The Morgan fingerprint density at radius 2 is 1.85 bits per heavy atom. The molecule has 0 fully saturated rings. The van der Waals surface area contributed by atoms with Gasteiger partial charge in [-0.25, -0.2) is 9.97 Å². The van der Waals surface area contributed by atoms with E-state index < -0.39 is 0 Å². The molecule has 0 spiro atoms. The molecule has 102 valence electrons. The fourth-order valence-corrected chi connectivity index (χ4v) is 2.44. The highest BCUT2D eigenvalue weighted by atomic mass is 15.1. The molecule has 0 atom stereocenters. The maximum absolute atomic E-state index is 6.04. The van der Waals surface area contributed by atoms with Crippen molar-refractivity contribution in [2.75, 3.05) is 11.5 Å². The lowest BCUT2D eigenvalue weighted by atomic mass is 10.1. The molecule has 1 aromatic carbocycles. The predicted molar refractivity (Wildman–Crippen MR) is 82.1 cm³/mol. The molecule has 0 amide bonds. The SMILES string of the molecule is CCCn1cc(-c2ccc(N)cc2)c2c(N)ncnc21. The van der Waals surface area contributed by atoms with Crippen molar-refractivity contribution >= 4 is 22.5 Å². The molecule has 20 heavy (non-hydrogen) atoms. The number of aryl methyl sites for hydroxylation is 1. The molecule has 5 heteroatoms. The lowest BCUT2D eigenvalue weighted by Gasteiger charge is -2.01. The highest BCUT2D eigenvalue weighted by Gasteiger charge is 2.14. The number of fused-ring (bicyclic) bond motifs is 1. The summed E-state index contributed by atoms with van der Waals surface area (Å²) in [5, 5.41) is 0.908. The van der Waals surface area contributed by atoms with E-state index in [1.165, 1.54) is 6.33 Å². The third kappa shape index (κ3) is 1.97. The molecule has 0 aliphatic heterocycles. The molecule has 0 saturated carbocycles. The normalized spacial score (nSPS) is 11.1. The molecule has 0 saturated heterocycles. The van der Waals surface area contributed by atoms with Crippen molar-refractivity contribution in [3.8, 4) is 11.1 Å². The van der Waals surface area contributed by atoms with Crippen LogP contribution >= 0.6 is 0 Å². The first-order valence-corrected chi connectivity index (χ1v) is 6.66. The van der Waals surface area contributed by atoms with Crippen LogP contribution in [-0.2, 0) is 6.54 Å². The van der Waals surface area contributed by atoms with Gasteiger partial charge in [-0.2, -0.15) is 0 Å². The highest BCUT2D eigenvalue weighted by molar-refractivity contribution is 6.00. The van der Waals surface area contributed by atoms with E-state index in [1.54, 1.807) is 0 Å². The molecule has 0 unspecified atom stereocenters. The number of nitrogens with zero attached hydrogens (tertiary/aromatic N) is 3. The van der Waals surface area contributed by atoms with Crippen molar-refractivity contribution in [3.05, 3.63) is 36.8 Å². The van der Waals surface area contributed by atoms with E-state index in [2.05, 4.69) is 27.7 Å². The van der Waals surface area contributed by atoms with Crippen molar-refractivity contribution in [2.24, 2.45) is 0 Å². The number of nitrogen functional groups attached to an aromatic ring is 2. The Labute approximate surface area is 117 Å². The van der Waals surface area contributed by atoms with Crippen LogP contribution in [0.1, 0.15) is 13.3 Å². The summed E-state index contributed by atoms with van der Waals surface area (Å²) in [5.74, 6) is 0.511. The average molecular weight is 267 g/mol. The second-order valence-corrected chi connectivity index (χ2v) is 4.82. The zero-order valence-electron chi connectivity index (χ0n) is 11.4. The van der Waals surface area contributed by atoms with Gasteiger partial charge in [-0.1, -0.05) is 19.1 Å². The van der Waals surface area contributed by atoms with Crippen LogP contribution in [-0.4, -0.2) is 14.5 Å². The van der Waals surface area contributed by atoms with Crippen LogP contribution < -0.4 is 11.5 Å². The number of nitrogens with two attached hydrogens (primary N) is 2. The smallest absolute Gasteiger partial charge is 0.146 e. The van der Waals surface area contributed by atoms with Crippen LogP contribution in [0.15, 0.2) is 36.8 Å². The summed E-state index contributed by atoms with van der Waals surface area (Å²) in [4.78, 5) is 8.48. The van der Waals surface area contributed by atoms with Crippen LogP contribution in [0.25, 0.3) is 22.2 Å². The van der Waals surface area contributed by atoms with Gasteiger partial charge in [-0.3, -0.25) is 0 Å². The topological polar surface area (TPSA) is 82.8 Å². The van der Waals surface area contributed by atoms with Gasteiger partial charge in [0, 0.05) is 24.0 Å². The molecule has 3 aromatic rings. The molecule has 3 rings (SSSR count). The van der Waals surface area contributed by atoms with Gasteiger partial charge in [0.05, 0.1) is 5.39 Å². The maximum Gasteiger partial charge on any atom is 0.146 e. The first-order valence-electron chi connectivity index (χ1n) is 6.66. The van der Waals surface area contributed by atoms with Gasteiger partial charge in [0.15, 0.2) is 0 Å². The van der Waals surface area contributed by atoms with Gasteiger partial charge >= 0.3 is 0 Å². The zero-order valence-corrected chi connectivity index (χ0v) is 11.4. The summed E-state index contributed by atoms with van der Waals surface area (Å²) < 4.78 is 2.12. The molecule has 2 aromatic heterocycles. The quantitative estimate of drug-likeness (QED) is 0.715. The molecule has 0 aliphatic rings. The van der Waals surface area contributed by atoms with E-state index in [0.717, 1.165) is 40.8 Å². The molecule has 4 N–H and O–H groups in total. The molecule has 0 aliphatic carbocycles. The lowest BCUT2D eigenvalue weighted by molar-refractivity contribution is 0.697. The monoisotopic (exact) mass is 267 g/mol. The molecular weight excluding hydrogens is 250 g/mol. The number of rotatable bonds is 3. The molecular formula is C15H17N5.